The third kappa shape index (κ3) is 5.99. The third-order valence-electron chi connectivity index (χ3n) is 6.53. The van der Waals surface area contributed by atoms with Crippen molar-refractivity contribution in [2.75, 3.05) is 26.7 Å². The highest BCUT2D eigenvalue weighted by molar-refractivity contribution is 7.92. The number of hydrogen-bond donors (Lipinski definition) is 0. The first kappa shape index (κ1) is 24.5. The van der Waals surface area contributed by atoms with Gasteiger partial charge in [0.25, 0.3) is 0 Å². The Balaban J connectivity index is 1.51. The lowest BCUT2D eigenvalue weighted by atomic mass is 9.96. The summed E-state index contributed by atoms with van der Waals surface area (Å²) in [7, 11) is -1.51. The molecule has 2 aromatic carbocycles. The molecule has 1 aliphatic heterocycles. The highest BCUT2D eigenvalue weighted by Gasteiger charge is 2.35. The van der Waals surface area contributed by atoms with Gasteiger partial charge in [0.15, 0.2) is 9.84 Å². The maximum absolute atomic E-state index is 13.0. The van der Waals surface area contributed by atoms with Gasteiger partial charge in [-0.2, -0.15) is 0 Å². The predicted molar refractivity (Wildman–Crippen MR) is 129 cm³/mol. The molecule has 1 fully saturated rings. The molecule has 1 heterocycles. The topological polar surface area (TPSA) is 57.7 Å². The van der Waals surface area contributed by atoms with Gasteiger partial charge in [0.05, 0.1) is 15.6 Å². The van der Waals surface area contributed by atoms with Crippen LogP contribution < -0.4 is 0 Å². The van der Waals surface area contributed by atoms with Crippen LogP contribution in [-0.4, -0.2) is 55.6 Å². The summed E-state index contributed by atoms with van der Waals surface area (Å²) in [5.41, 5.74) is 1.14. The summed E-state index contributed by atoms with van der Waals surface area (Å²) < 4.78 is 25.3. The summed E-state index contributed by atoms with van der Waals surface area (Å²) in [5, 5.41) is 0. The molecule has 1 unspecified atom stereocenters. The molecule has 0 aliphatic carbocycles. The van der Waals surface area contributed by atoms with Crippen molar-refractivity contribution < 1.29 is 13.2 Å². The van der Waals surface area contributed by atoms with Gasteiger partial charge in [0.2, 0.25) is 5.91 Å². The molecule has 0 N–H and O–H groups in total. The zero-order valence-electron chi connectivity index (χ0n) is 19.5. The fraction of sp³-hybridized carbons (Fsp3) is 0.500. The molecule has 6 heteroatoms. The Morgan fingerprint density at radius 1 is 1.06 bits per heavy atom. The zero-order valence-corrected chi connectivity index (χ0v) is 20.4. The van der Waals surface area contributed by atoms with Crippen LogP contribution in [0.25, 0.3) is 0 Å². The van der Waals surface area contributed by atoms with Crippen LogP contribution in [0.15, 0.2) is 65.6 Å². The maximum Gasteiger partial charge on any atom is 0.227 e. The van der Waals surface area contributed by atoms with Gasteiger partial charge in [-0.3, -0.25) is 4.79 Å². The molecule has 0 spiro atoms. The summed E-state index contributed by atoms with van der Waals surface area (Å²) in [5.74, 6) is 0.212. The van der Waals surface area contributed by atoms with E-state index in [0.29, 0.717) is 17.9 Å². The summed E-state index contributed by atoms with van der Waals surface area (Å²) >= 11 is 0. The standard InChI is InChI=1S/C26H36N2O3S/c1-26(2,32(30,31)24-15-8-5-9-16-24)17-11-19-28-18-10-14-23(21-28)25(29)27(3)20-22-12-6-4-7-13-22/h4-9,12-13,15-16,23H,10-11,14,17-21H2,1-3H3. The number of nitrogens with zero attached hydrogens (tertiary/aromatic N) is 2. The average molecular weight is 457 g/mol. The Bertz CT molecular complexity index is 975. The fourth-order valence-corrected chi connectivity index (χ4v) is 6.06. The van der Waals surface area contributed by atoms with Crippen molar-refractivity contribution in [2.45, 2.75) is 55.7 Å². The molecular weight excluding hydrogens is 420 g/mol. The Kier molecular flexibility index (Phi) is 8.12. The zero-order chi connectivity index (χ0) is 23.2. The number of piperidine rings is 1. The molecule has 0 bridgehead atoms. The van der Waals surface area contributed by atoms with Crippen molar-refractivity contribution in [3.63, 3.8) is 0 Å². The quantitative estimate of drug-likeness (QED) is 0.562. The Labute approximate surface area is 193 Å². The SMILES string of the molecule is CN(Cc1ccccc1)C(=O)C1CCCN(CCCC(C)(C)S(=O)(=O)c2ccccc2)C1. The van der Waals surface area contributed by atoms with Gasteiger partial charge in [0.1, 0.15) is 0 Å². The predicted octanol–water partition coefficient (Wildman–Crippen LogP) is 4.39. The molecule has 32 heavy (non-hydrogen) atoms. The van der Waals surface area contributed by atoms with Crippen molar-refractivity contribution in [1.82, 2.24) is 9.80 Å². The number of sulfone groups is 1. The highest BCUT2D eigenvalue weighted by atomic mass is 32.2. The van der Waals surface area contributed by atoms with Gasteiger partial charge in [-0.1, -0.05) is 48.5 Å². The van der Waals surface area contributed by atoms with E-state index in [9.17, 15) is 13.2 Å². The van der Waals surface area contributed by atoms with E-state index in [1.165, 1.54) is 0 Å². The van der Waals surface area contributed by atoms with Gasteiger partial charge in [-0.05, 0) is 70.3 Å². The minimum Gasteiger partial charge on any atom is -0.341 e. The normalized spacial score (nSPS) is 17.8. The largest absolute Gasteiger partial charge is 0.341 e. The minimum absolute atomic E-state index is 0.0125. The first-order valence-electron chi connectivity index (χ1n) is 11.5. The lowest BCUT2D eigenvalue weighted by molar-refractivity contribution is -0.136. The number of benzene rings is 2. The number of carbonyl (C=O) groups is 1. The van der Waals surface area contributed by atoms with Crippen LogP contribution in [0.2, 0.25) is 0 Å². The van der Waals surface area contributed by atoms with Crippen molar-refractivity contribution in [3.05, 3.63) is 66.2 Å². The third-order valence-corrected chi connectivity index (χ3v) is 9.08. The van der Waals surface area contributed by atoms with E-state index in [1.807, 2.05) is 62.2 Å². The minimum atomic E-state index is -3.39. The summed E-state index contributed by atoms with van der Waals surface area (Å²) in [6.45, 7) is 6.80. The second-order valence-electron chi connectivity index (χ2n) is 9.50. The number of likely N-dealkylation sites (tertiary alicyclic amines) is 1. The van der Waals surface area contributed by atoms with E-state index in [0.717, 1.165) is 44.5 Å². The fourth-order valence-electron chi connectivity index (χ4n) is 4.49. The molecule has 2 aromatic rings. The van der Waals surface area contributed by atoms with E-state index in [-0.39, 0.29) is 11.8 Å². The number of hydrogen-bond acceptors (Lipinski definition) is 4. The van der Waals surface area contributed by atoms with Crippen molar-refractivity contribution >= 4 is 15.7 Å². The van der Waals surface area contributed by atoms with Gasteiger partial charge >= 0.3 is 0 Å². The van der Waals surface area contributed by atoms with E-state index in [2.05, 4.69) is 4.90 Å². The Morgan fingerprint density at radius 2 is 1.69 bits per heavy atom. The average Bonchev–Trinajstić information content (AvgIpc) is 2.79. The number of carbonyl (C=O) groups excluding carboxylic acids is 1. The summed E-state index contributed by atoms with van der Waals surface area (Å²) in [6.07, 6.45) is 3.30. The maximum atomic E-state index is 13.0. The highest BCUT2D eigenvalue weighted by Crippen LogP contribution is 2.30. The summed E-state index contributed by atoms with van der Waals surface area (Å²) in [6, 6.07) is 18.8. The Hall–Kier alpha value is -2.18. The number of amides is 1. The lowest BCUT2D eigenvalue weighted by Gasteiger charge is -2.34. The smallest absolute Gasteiger partial charge is 0.227 e. The summed E-state index contributed by atoms with van der Waals surface area (Å²) in [4.78, 5) is 17.5. The van der Waals surface area contributed by atoms with E-state index in [4.69, 9.17) is 0 Å². The van der Waals surface area contributed by atoms with Crippen LogP contribution in [0.4, 0.5) is 0 Å². The van der Waals surface area contributed by atoms with Gasteiger partial charge < -0.3 is 9.80 Å². The molecular formula is C26H36N2O3S. The van der Waals surface area contributed by atoms with Crippen LogP contribution >= 0.6 is 0 Å². The molecule has 1 atom stereocenters. The van der Waals surface area contributed by atoms with Crippen LogP contribution in [0.3, 0.4) is 0 Å². The van der Waals surface area contributed by atoms with Gasteiger partial charge in [0, 0.05) is 20.1 Å². The molecule has 3 rings (SSSR count). The van der Waals surface area contributed by atoms with Crippen LogP contribution in [0.1, 0.15) is 45.1 Å². The molecule has 1 aliphatic rings. The second-order valence-corrected chi connectivity index (χ2v) is 12.1. The van der Waals surface area contributed by atoms with Crippen LogP contribution in [0, 0.1) is 5.92 Å². The second kappa shape index (κ2) is 10.6. The molecule has 1 saturated heterocycles. The van der Waals surface area contributed by atoms with Crippen LogP contribution in [0.5, 0.6) is 0 Å². The molecule has 1 amide bonds. The lowest BCUT2D eigenvalue weighted by Crippen LogP contribution is -2.44. The van der Waals surface area contributed by atoms with Crippen molar-refractivity contribution in [1.29, 1.82) is 0 Å². The monoisotopic (exact) mass is 456 g/mol. The van der Waals surface area contributed by atoms with Crippen molar-refractivity contribution in [3.8, 4) is 0 Å². The Morgan fingerprint density at radius 3 is 2.34 bits per heavy atom. The van der Waals surface area contributed by atoms with Crippen molar-refractivity contribution in [2.24, 2.45) is 5.92 Å². The van der Waals surface area contributed by atoms with Gasteiger partial charge in [-0.15, -0.1) is 0 Å². The van der Waals surface area contributed by atoms with Gasteiger partial charge in [-0.25, -0.2) is 8.42 Å². The van der Waals surface area contributed by atoms with E-state index < -0.39 is 14.6 Å². The van der Waals surface area contributed by atoms with E-state index >= 15 is 0 Å². The molecule has 0 saturated carbocycles. The first-order chi connectivity index (χ1) is 15.2. The molecule has 0 radical (unpaired) electrons. The first-order valence-corrected chi connectivity index (χ1v) is 13.0. The molecule has 174 valence electrons. The molecule has 0 aromatic heterocycles. The van der Waals surface area contributed by atoms with E-state index in [1.54, 1.807) is 24.3 Å². The molecule has 5 nitrogen and oxygen atoms in total. The number of rotatable bonds is 9. The van der Waals surface area contributed by atoms with Crippen LogP contribution in [-0.2, 0) is 21.2 Å².